The summed E-state index contributed by atoms with van der Waals surface area (Å²) in [5.41, 5.74) is 0. The smallest absolute Gasteiger partial charge is 0.220 e. The number of aliphatic hydroxyl groups is 8. The largest absolute Gasteiger partial charge is 0.394 e. The number of amides is 1. The van der Waals surface area contributed by atoms with Crippen LogP contribution in [0.2, 0.25) is 0 Å². The molecule has 12 atom stereocenters. The Hall–Kier alpha value is -1.01. The molecule has 2 heterocycles. The Labute approximate surface area is 597 Å². The molecule has 0 saturated carbocycles. The fourth-order valence-electron chi connectivity index (χ4n) is 14.8. The minimum Gasteiger partial charge on any atom is -0.394 e. The molecule has 0 spiro atoms. The molecule has 0 bridgehead atoms. The summed E-state index contributed by atoms with van der Waals surface area (Å²) in [4.78, 5) is 13.4. The van der Waals surface area contributed by atoms with Crippen LogP contribution in [0.25, 0.3) is 0 Å². The van der Waals surface area contributed by atoms with Crippen LogP contribution in [0, 0.1) is 0 Å². The molecule has 0 aromatic heterocycles. The highest BCUT2D eigenvalue weighted by Crippen LogP contribution is 2.31. The molecule has 0 radical (unpaired) electrons. The zero-order chi connectivity index (χ0) is 70.1. The molecular weight excluding hydrogens is 1220 g/mol. The van der Waals surface area contributed by atoms with Crippen LogP contribution < -0.4 is 5.32 Å². The lowest BCUT2D eigenvalue weighted by Crippen LogP contribution is -2.65. The van der Waals surface area contributed by atoms with Crippen molar-refractivity contribution in [2.75, 3.05) is 19.8 Å². The van der Waals surface area contributed by atoms with Gasteiger partial charge in [-0.05, 0) is 12.8 Å². The zero-order valence-corrected chi connectivity index (χ0v) is 63.6. The Bertz CT molecular complexity index is 1630. The molecule has 578 valence electrons. The van der Waals surface area contributed by atoms with E-state index in [9.17, 15) is 45.6 Å². The van der Waals surface area contributed by atoms with Gasteiger partial charge in [0.15, 0.2) is 12.6 Å². The molecule has 14 nitrogen and oxygen atoms in total. The lowest BCUT2D eigenvalue weighted by atomic mass is 9.97. The maximum absolute atomic E-state index is 13.4. The second kappa shape index (κ2) is 68.1. The maximum atomic E-state index is 13.4. The van der Waals surface area contributed by atoms with E-state index in [1.807, 2.05) is 0 Å². The molecule has 0 aliphatic carbocycles. The van der Waals surface area contributed by atoms with Crippen LogP contribution >= 0.6 is 0 Å². The maximum Gasteiger partial charge on any atom is 0.220 e. The minimum atomic E-state index is -1.78. The molecule has 97 heavy (non-hydrogen) atoms. The van der Waals surface area contributed by atoms with Crippen LogP contribution in [0.5, 0.6) is 0 Å². The standard InChI is InChI=1S/C83H163NO13/c1-3-5-7-9-11-13-15-17-19-21-23-25-27-29-30-31-32-33-34-35-36-37-38-39-40-41-43-45-47-49-51-53-55-57-59-61-63-65-67-75(88)84-71(70-94-82-80(93)78(91)81(74(69-86)96-82)97-83-79(92)77(90)76(89)73(68-85)95-83)72(87)66-64-62-60-58-56-54-52-50-48-46-44-42-28-26-24-22-20-18-16-14-12-10-8-6-4-2/h71-74,76-83,85-87,89-93H,3-70H2,1-2H3,(H,84,88). The molecule has 14 heteroatoms. The first-order valence-electron chi connectivity index (χ1n) is 42.8. The average molecular weight is 1380 g/mol. The topological polar surface area (TPSA) is 228 Å². The Morgan fingerprint density at radius 3 is 0.876 bits per heavy atom. The third-order valence-electron chi connectivity index (χ3n) is 21.6. The van der Waals surface area contributed by atoms with Crippen LogP contribution in [0.4, 0.5) is 0 Å². The zero-order valence-electron chi connectivity index (χ0n) is 63.6. The molecule has 0 aromatic carbocycles. The van der Waals surface area contributed by atoms with Crippen molar-refractivity contribution in [2.24, 2.45) is 0 Å². The Kier molecular flexibility index (Phi) is 64.7. The van der Waals surface area contributed by atoms with E-state index in [1.54, 1.807) is 0 Å². The van der Waals surface area contributed by atoms with Crippen LogP contribution in [-0.4, -0.2) is 140 Å². The van der Waals surface area contributed by atoms with E-state index in [1.165, 1.54) is 353 Å². The molecule has 2 rings (SSSR count). The van der Waals surface area contributed by atoms with Crippen LogP contribution in [0.3, 0.4) is 0 Å². The van der Waals surface area contributed by atoms with Crippen molar-refractivity contribution in [3.63, 3.8) is 0 Å². The Morgan fingerprint density at radius 2 is 0.588 bits per heavy atom. The fraction of sp³-hybridized carbons (Fsp3) is 0.988. The van der Waals surface area contributed by atoms with E-state index in [4.69, 9.17) is 18.9 Å². The lowest BCUT2D eigenvalue weighted by Gasteiger charge is -2.46. The summed E-state index contributed by atoms with van der Waals surface area (Å²) in [7, 11) is 0. The predicted octanol–water partition coefficient (Wildman–Crippen LogP) is 19.9. The van der Waals surface area contributed by atoms with Crippen molar-refractivity contribution in [3.05, 3.63) is 0 Å². The summed E-state index contributed by atoms with van der Waals surface area (Å²) in [5.74, 6) is -0.194. The van der Waals surface area contributed by atoms with Gasteiger partial charge in [0.05, 0.1) is 32.0 Å². The second-order valence-corrected chi connectivity index (χ2v) is 30.7. The van der Waals surface area contributed by atoms with Crippen molar-refractivity contribution in [3.8, 4) is 0 Å². The number of ether oxygens (including phenoxy) is 4. The third-order valence-corrected chi connectivity index (χ3v) is 21.6. The van der Waals surface area contributed by atoms with E-state index in [0.29, 0.717) is 12.8 Å². The van der Waals surface area contributed by atoms with Crippen LogP contribution in [-0.2, 0) is 23.7 Å². The first kappa shape index (κ1) is 92.1. The molecular formula is C83H163NO13. The average Bonchev–Trinajstić information content (AvgIpc) is 0.794. The van der Waals surface area contributed by atoms with Crippen molar-refractivity contribution >= 4 is 5.91 Å². The summed E-state index contributed by atoms with van der Waals surface area (Å²) in [6, 6.07) is -0.826. The summed E-state index contributed by atoms with van der Waals surface area (Å²) >= 11 is 0. The van der Waals surface area contributed by atoms with Gasteiger partial charge in [-0.2, -0.15) is 0 Å². The van der Waals surface area contributed by atoms with Gasteiger partial charge in [-0.3, -0.25) is 4.79 Å². The number of carbonyl (C=O) groups excluding carboxylic acids is 1. The van der Waals surface area contributed by atoms with Gasteiger partial charge in [-0.15, -0.1) is 0 Å². The monoisotopic (exact) mass is 1380 g/mol. The molecule has 2 saturated heterocycles. The number of unbranched alkanes of at least 4 members (excludes halogenated alkanes) is 61. The van der Waals surface area contributed by atoms with Crippen molar-refractivity contribution in [2.45, 2.75) is 505 Å². The highest BCUT2D eigenvalue weighted by atomic mass is 16.7. The summed E-state index contributed by atoms with van der Waals surface area (Å²) in [6.07, 6.45) is 68.9. The summed E-state index contributed by atoms with van der Waals surface area (Å²) in [5, 5.41) is 87.9. The number of hydrogen-bond donors (Lipinski definition) is 9. The minimum absolute atomic E-state index is 0.194. The summed E-state index contributed by atoms with van der Waals surface area (Å²) < 4.78 is 23.0. The number of hydrogen-bond acceptors (Lipinski definition) is 13. The van der Waals surface area contributed by atoms with Crippen LogP contribution in [0.1, 0.15) is 431 Å². The van der Waals surface area contributed by atoms with E-state index in [0.717, 1.165) is 51.4 Å². The first-order valence-corrected chi connectivity index (χ1v) is 42.8. The molecule has 2 aliphatic rings. The third kappa shape index (κ3) is 50.9. The fourth-order valence-corrected chi connectivity index (χ4v) is 14.8. The Balaban J connectivity index is 1.55. The van der Waals surface area contributed by atoms with E-state index in [-0.39, 0.29) is 12.5 Å². The normalized spacial score (nSPS) is 22.0. The number of rotatable bonds is 74. The highest BCUT2D eigenvalue weighted by Gasteiger charge is 2.51. The van der Waals surface area contributed by atoms with Gasteiger partial charge in [0.1, 0.15) is 48.8 Å². The molecule has 12 unspecified atom stereocenters. The van der Waals surface area contributed by atoms with E-state index >= 15 is 0 Å². The summed E-state index contributed by atoms with van der Waals surface area (Å²) in [6.45, 7) is 2.95. The quantitative estimate of drug-likeness (QED) is 0.0259. The van der Waals surface area contributed by atoms with Crippen molar-refractivity contribution in [1.29, 1.82) is 0 Å². The SMILES string of the molecule is CCCCCCCCCCCCCCCCCCCCCCCCCCCCCCCCCCCCCCCCC(=O)NC(COC1OC(CO)C(OC2OC(CO)C(O)C(O)C2O)C(O)C1O)C(O)CCCCCCCCCCCCCCCCCCCCCCCCCCC. The molecule has 2 aliphatic heterocycles. The van der Waals surface area contributed by atoms with Crippen molar-refractivity contribution < 1.29 is 64.6 Å². The Morgan fingerprint density at radius 1 is 0.330 bits per heavy atom. The number of carbonyl (C=O) groups is 1. The number of aliphatic hydroxyl groups excluding tert-OH is 8. The van der Waals surface area contributed by atoms with Gasteiger partial charge in [0, 0.05) is 6.42 Å². The molecule has 1 amide bonds. The van der Waals surface area contributed by atoms with Gasteiger partial charge < -0.3 is 65.1 Å². The first-order chi connectivity index (χ1) is 47.6. The number of nitrogens with one attached hydrogen (secondary N) is 1. The van der Waals surface area contributed by atoms with Gasteiger partial charge >= 0.3 is 0 Å². The molecule has 9 N–H and O–H groups in total. The van der Waals surface area contributed by atoms with Crippen molar-refractivity contribution in [1.82, 2.24) is 5.32 Å². The van der Waals surface area contributed by atoms with Gasteiger partial charge in [0.2, 0.25) is 5.91 Å². The second-order valence-electron chi connectivity index (χ2n) is 30.7. The van der Waals surface area contributed by atoms with E-state index < -0.39 is 86.8 Å². The highest BCUT2D eigenvalue weighted by molar-refractivity contribution is 5.76. The lowest BCUT2D eigenvalue weighted by molar-refractivity contribution is -0.359. The molecule has 0 aromatic rings. The van der Waals surface area contributed by atoms with Crippen LogP contribution in [0.15, 0.2) is 0 Å². The van der Waals surface area contributed by atoms with Gasteiger partial charge in [0.25, 0.3) is 0 Å². The van der Waals surface area contributed by atoms with E-state index in [2.05, 4.69) is 19.2 Å². The predicted molar refractivity (Wildman–Crippen MR) is 402 cm³/mol. The van der Waals surface area contributed by atoms with Gasteiger partial charge in [-0.1, -0.05) is 412 Å². The molecule has 2 fully saturated rings. The van der Waals surface area contributed by atoms with Gasteiger partial charge in [-0.25, -0.2) is 0 Å².